The predicted octanol–water partition coefficient (Wildman–Crippen LogP) is 6.53. The lowest BCUT2D eigenvalue weighted by molar-refractivity contribution is -0.137. The minimum atomic E-state index is -0.854. The Morgan fingerprint density at radius 2 is 1.78 bits per heavy atom. The number of carboxylic acid groups (broad SMARTS) is 1. The minimum Gasteiger partial charge on any atom is -0.492 e. The van der Waals surface area contributed by atoms with Crippen molar-refractivity contribution < 1.29 is 33.2 Å². The third kappa shape index (κ3) is 4.88. The van der Waals surface area contributed by atoms with Crippen LogP contribution in [0.4, 0.5) is 4.39 Å². The van der Waals surface area contributed by atoms with E-state index in [-0.39, 0.29) is 18.2 Å². The van der Waals surface area contributed by atoms with Crippen molar-refractivity contribution in [3.8, 4) is 23.0 Å². The first-order valence-electron chi connectivity index (χ1n) is 12.9. The predicted molar refractivity (Wildman–Crippen MR) is 134 cm³/mol. The molecule has 2 atom stereocenters. The summed E-state index contributed by atoms with van der Waals surface area (Å²) in [7, 11) is 0. The number of ether oxygens (including phenoxy) is 4. The molecule has 0 spiro atoms. The smallest absolute Gasteiger partial charge is 0.304 e. The molecule has 3 aromatic rings. The molecule has 6 rings (SSSR count). The van der Waals surface area contributed by atoms with Crippen LogP contribution in [-0.4, -0.2) is 30.9 Å². The average molecular weight is 505 g/mol. The zero-order valence-electron chi connectivity index (χ0n) is 20.5. The van der Waals surface area contributed by atoms with Crippen LogP contribution in [0, 0.1) is 5.82 Å². The summed E-state index contributed by atoms with van der Waals surface area (Å²) in [4.78, 5) is 11.1. The third-order valence-corrected chi connectivity index (χ3v) is 7.60. The number of rotatable bonds is 7. The normalized spacial score (nSPS) is 20.7. The molecule has 1 unspecified atom stereocenters. The van der Waals surface area contributed by atoms with Gasteiger partial charge in [-0.2, -0.15) is 0 Å². The maximum absolute atomic E-state index is 15.0. The summed E-state index contributed by atoms with van der Waals surface area (Å²) < 4.78 is 38.6. The lowest BCUT2D eigenvalue weighted by Crippen LogP contribution is -2.13. The van der Waals surface area contributed by atoms with E-state index < -0.39 is 12.1 Å². The molecule has 0 saturated carbocycles. The van der Waals surface area contributed by atoms with Gasteiger partial charge in [0.15, 0.2) is 0 Å². The van der Waals surface area contributed by atoms with E-state index in [9.17, 15) is 9.18 Å². The second kappa shape index (κ2) is 10.1. The van der Waals surface area contributed by atoms with Crippen molar-refractivity contribution >= 4 is 5.97 Å². The first-order chi connectivity index (χ1) is 18.0. The van der Waals surface area contributed by atoms with E-state index in [1.165, 1.54) is 11.6 Å². The molecule has 37 heavy (non-hydrogen) atoms. The average Bonchev–Trinajstić information content (AvgIpc) is 3.51. The Morgan fingerprint density at radius 3 is 2.57 bits per heavy atom. The van der Waals surface area contributed by atoms with Gasteiger partial charge in [-0.05, 0) is 67.5 Å². The second-order valence-corrected chi connectivity index (χ2v) is 9.95. The molecule has 6 nitrogen and oxygen atoms in total. The lowest BCUT2D eigenvalue weighted by Gasteiger charge is -2.22. The molecule has 1 saturated heterocycles. The zero-order chi connectivity index (χ0) is 25.4. The molecule has 192 valence electrons. The van der Waals surface area contributed by atoms with Gasteiger partial charge < -0.3 is 24.1 Å². The van der Waals surface area contributed by atoms with E-state index in [2.05, 4.69) is 12.1 Å². The lowest BCUT2D eigenvalue weighted by atomic mass is 9.92. The Kier molecular flexibility index (Phi) is 6.47. The van der Waals surface area contributed by atoms with Crippen LogP contribution in [-0.2, 0) is 16.0 Å². The quantitative estimate of drug-likeness (QED) is 0.394. The van der Waals surface area contributed by atoms with Gasteiger partial charge in [-0.15, -0.1) is 0 Å². The van der Waals surface area contributed by atoms with Gasteiger partial charge in [0.2, 0.25) is 0 Å². The molecular formula is C30H29FO6. The maximum atomic E-state index is 15.0. The van der Waals surface area contributed by atoms with Gasteiger partial charge in [0, 0.05) is 41.9 Å². The molecule has 3 aliphatic rings. The fourth-order valence-corrected chi connectivity index (χ4v) is 5.70. The minimum absolute atomic E-state index is 0.0233. The Bertz CT molecular complexity index is 1300. The number of hydrogen-bond acceptors (Lipinski definition) is 5. The highest BCUT2D eigenvalue weighted by molar-refractivity contribution is 5.68. The summed E-state index contributed by atoms with van der Waals surface area (Å²) in [5.74, 6) is 1.76. The molecule has 0 aromatic heterocycles. The Morgan fingerprint density at radius 1 is 1.00 bits per heavy atom. The molecule has 2 aliphatic heterocycles. The fourth-order valence-electron chi connectivity index (χ4n) is 5.70. The molecule has 0 radical (unpaired) electrons. The summed E-state index contributed by atoms with van der Waals surface area (Å²) in [6.07, 6.45) is 2.93. The Balaban J connectivity index is 1.18. The largest absolute Gasteiger partial charge is 0.492 e. The third-order valence-electron chi connectivity index (χ3n) is 7.60. The zero-order valence-corrected chi connectivity index (χ0v) is 20.5. The van der Waals surface area contributed by atoms with Crippen molar-refractivity contribution in [3.05, 3.63) is 82.7 Å². The summed E-state index contributed by atoms with van der Waals surface area (Å²) in [5, 5.41) is 9.11. The Hall–Kier alpha value is -3.58. The van der Waals surface area contributed by atoms with Gasteiger partial charge in [-0.1, -0.05) is 18.2 Å². The summed E-state index contributed by atoms with van der Waals surface area (Å²) in [5.41, 5.74) is 3.52. The monoisotopic (exact) mass is 504 g/mol. The van der Waals surface area contributed by atoms with Gasteiger partial charge in [-0.25, -0.2) is 4.39 Å². The first-order valence-corrected chi connectivity index (χ1v) is 12.9. The number of fused-ring (bicyclic) bond motifs is 2. The van der Waals surface area contributed by atoms with Crippen LogP contribution in [0.1, 0.15) is 65.9 Å². The maximum Gasteiger partial charge on any atom is 0.304 e. The molecule has 7 heteroatoms. The number of aliphatic carboxylic acids is 1. The standard InChI is InChI=1S/C30H29FO6/c31-25-8-10-26(36-21-3-1-18(2-4-21)19-11-13-34-14-12-19)24-7-9-27(30(24)25)37-22-5-6-23-20(15-29(32)33)17-35-28(23)16-22/h1-6,8,10,16,19-20,27H,7,9,11-15,17H2,(H,32,33)/t20?,27-/m1/s1. The number of carbonyl (C=O) groups is 1. The van der Waals surface area contributed by atoms with Crippen LogP contribution in [0.25, 0.3) is 0 Å². The molecule has 0 amide bonds. The van der Waals surface area contributed by atoms with E-state index in [0.717, 1.165) is 42.9 Å². The van der Waals surface area contributed by atoms with Gasteiger partial charge in [0.25, 0.3) is 0 Å². The van der Waals surface area contributed by atoms with Crippen molar-refractivity contribution in [1.82, 2.24) is 0 Å². The van der Waals surface area contributed by atoms with Crippen molar-refractivity contribution in [2.24, 2.45) is 0 Å². The van der Waals surface area contributed by atoms with Gasteiger partial charge in [0.05, 0.1) is 13.0 Å². The molecule has 2 heterocycles. The van der Waals surface area contributed by atoms with Crippen molar-refractivity contribution in [1.29, 1.82) is 0 Å². The molecule has 3 aromatic carbocycles. The second-order valence-electron chi connectivity index (χ2n) is 9.95. The van der Waals surface area contributed by atoms with Crippen LogP contribution in [0.5, 0.6) is 23.0 Å². The van der Waals surface area contributed by atoms with Crippen LogP contribution in [0.2, 0.25) is 0 Å². The van der Waals surface area contributed by atoms with Crippen LogP contribution in [0.15, 0.2) is 54.6 Å². The van der Waals surface area contributed by atoms with Gasteiger partial charge in [0.1, 0.15) is 34.9 Å². The van der Waals surface area contributed by atoms with Crippen molar-refractivity contribution in [3.63, 3.8) is 0 Å². The first kappa shape index (κ1) is 23.8. The van der Waals surface area contributed by atoms with E-state index in [0.29, 0.717) is 48.2 Å². The molecule has 1 N–H and O–H groups in total. The van der Waals surface area contributed by atoms with Crippen LogP contribution < -0.4 is 14.2 Å². The highest BCUT2D eigenvalue weighted by Gasteiger charge is 2.32. The summed E-state index contributed by atoms with van der Waals surface area (Å²) >= 11 is 0. The van der Waals surface area contributed by atoms with Crippen molar-refractivity contribution in [2.45, 2.75) is 50.0 Å². The SMILES string of the molecule is O=C(O)CC1COc2cc(O[C@@H]3CCc4c(Oc5ccc(C6CCOCC6)cc5)ccc(F)c43)ccc21. The topological polar surface area (TPSA) is 74.2 Å². The number of halogens is 1. The van der Waals surface area contributed by atoms with E-state index >= 15 is 0 Å². The highest BCUT2D eigenvalue weighted by Crippen LogP contribution is 2.44. The van der Waals surface area contributed by atoms with Gasteiger partial charge in [-0.3, -0.25) is 4.79 Å². The molecule has 0 bridgehead atoms. The van der Waals surface area contributed by atoms with Crippen LogP contribution >= 0.6 is 0 Å². The summed E-state index contributed by atoms with van der Waals surface area (Å²) in [6, 6.07) is 16.7. The molecular weight excluding hydrogens is 475 g/mol. The number of carboxylic acids is 1. The molecule has 1 aliphatic carbocycles. The highest BCUT2D eigenvalue weighted by atomic mass is 19.1. The molecule has 1 fully saturated rings. The van der Waals surface area contributed by atoms with E-state index in [1.807, 2.05) is 18.2 Å². The fraction of sp³-hybridized carbons (Fsp3) is 0.367. The van der Waals surface area contributed by atoms with E-state index in [1.54, 1.807) is 18.2 Å². The van der Waals surface area contributed by atoms with E-state index in [4.69, 9.17) is 24.1 Å². The van der Waals surface area contributed by atoms with Crippen LogP contribution in [0.3, 0.4) is 0 Å². The summed E-state index contributed by atoms with van der Waals surface area (Å²) in [6.45, 7) is 1.94. The number of hydrogen-bond donors (Lipinski definition) is 1. The number of benzene rings is 3. The van der Waals surface area contributed by atoms with Gasteiger partial charge >= 0.3 is 5.97 Å². The van der Waals surface area contributed by atoms with Crippen molar-refractivity contribution in [2.75, 3.05) is 19.8 Å². The Labute approximate surface area is 214 Å².